The Bertz CT molecular complexity index is 2690. The summed E-state index contributed by atoms with van der Waals surface area (Å²) in [5, 5.41) is 4.70. The van der Waals surface area contributed by atoms with E-state index in [1.54, 1.807) is 0 Å². The van der Waals surface area contributed by atoms with Gasteiger partial charge in [0.15, 0.2) is 5.58 Å². The van der Waals surface area contributed by atoms with Crippen molar-refractivity contribution in [2.24, 2.45) is 0 Å². The second kappa shape index (κ2) is 9.57. The lowest BCUT2D eigenvalue weighted by atomic mass is 9.81. The third kappa shape index (κ3) is 3.67. The molecule has 2 heterocycles. The first-order valence-electron chi connectivity index (χ1n) is 16.4. The molecule has 7 aromatic carbocycles. The van der Waals surface area contributed by atoms with Gasteiger partial charge in [0.2, 0.25) is 0 Å². The summed E-state index contributed by atoms with van der Waals surface area (Å²) in [6, 6.07) is 55.1. The van der Waals surface area contributed by atoms with Crippen LogP contribution in [0.15, 0.2) is 156 Å². The van der Waals surface area contributed by atoms with Crippen LogP contribution in [0.25, 0.3) is 82.8 Å². The highest BCUT2D eigenvalue weighted by Crippen LogP contribution is 2.51. The molecule has 2 heteroatoms. The normalized spacial score (nSPS) is 13.5. The number of hydrogen-bond donors (Lipinski definition) is 0. The van der Waals surface area contributed by atoms with E-state index in [4.69, 9.17) is 4.42 Å². The van der Waals surface area contributed by atoms with E-state index < -0.39 is 0 Å². The van der Waals surface area contributed by atoms with Crippen LogP contribution in [0.1, 0.15) is 25.0 Å². The molecule has 0 spiro atoms. The summed E-state index contributed by atoms with van der Waals surface area (Å²) in [4.78, 5) is 0. The van der Waals surface area contributed by atoms with Gasteiger partial charge in [-0.05, 0) is 80.9 Å². The predicted octanol–water partition coefficient (Wildman–Crippen LogP) is 12.3. The van der Waals surface area contributed by atoms with Gasteiger partial charge in [0.25, 0.3) is 0 Å². The summed E-state index contributed by atoms with van der Waals surface area (Å²) >= 11 is 0. The van der Waals surface area contributed by atoms with Gasteiger partial charge in [0, 0.05) is 32.6 Å². The smallest absolute Gasteiger partial charge is 0.160 e. The van der Waals surface area contributed by atoms with E-state index in [0.29, 0.717) is 0 Å². The largest absolute Gasteiger partial charge is 0.454 e. The van der Waals surface area contributed by atoms with Crippen LogP contribution in [-0.2, 0) is 5.41 Å². The van der Waals surface area contributed by atoms with Gasteiger partial charge in [0.05, 0.1) is 11.0 Å². The van der Waals surface area contributed by atoms with Gasteiger partial charge in [0.1, 0.15) is 5.58 Å². The SMILES string of the molecule is CC1(C)c2ccccc2-c2ccc(-c3cc4c5ccccc5oc4c4c3c3ccccc3n4-c3ccc(-c4ccccc4)cc3)cc21. The molecule has 0 saturated heterocycles. The topological polar surface area (TPSA) is 18.1 Å². The van der Waals surface area contributed by atoms with Crippen LogP contribution >= 0.6 is 0 Å². The van der Waals surface area contributed by atoms with E-state index in [1.807, 2.05) is 0 Å². The molecule has 0 aliphatic heterocycles. The fourth-order valence-electron chi connectivity index (χ4n) is 8.13. The first kappa shape index (κ1) is 26.4. The number of furan rings is 1. The number of benzene rings is 7. The van der Waals surface area contributed by atoms with Crippen molar-refractivity contribution in [1.29, 1.82) is 0 Å². The third-order valence-corrected chi connectivity index (χ3v) is 10.4. The van der Waals surface area contributed by atoms with Crippen LogP contribution in [0.3, 0.4) is 0 Å². The maximum absolute atomic E-state index is 6.77. The monoisotopic (exact) mass is 601 g/mol. The van der Waals surface area contributed by atoms with Crippen LogP contribution in [0.4, 0.5) is 0 Å². The molecule has 1 aliphatic rings. The quantitative estimate of drug-likeness (QED) is 0.197. The highest BCUT2D eigenvalue weighted by molar-refractivity contribution is 6.26. The van der Waals surface area contributed by atoms with Gasteiger partial charge >= 0.3 is 0 Å². The lowest BCUT2D eigenvalue weighted by Crippen LogP contribution is -2.14. The summed E-state index contributed by atoms with van der Waals surface area (Å²) < 4.78 is 9.17. The zero-order valence-corrected chi connectivity index (χ0v) is 26.3. The molecular weight excluding hydrogens is 571 g/mol. The van der Waals surface area contributed by atoms with Crippen LogP contribution in [0.2, 0.25) is 0 Å². The second-order valence-corrected chi connectivity index (χ2v) is 13.3. The van der Waals surface area contributed by atoms with Crippen molar-refractivity contribution in [2.75, 3.05) is 0 Å². The molecule has 0 fully saturated rings. The lowest BCUT2D eigenvalue weighted by molar-refractivity contribution is 0.660. The second-order valence-electron chi connectivity index (χ2n) is 13.3. The van der Waals surface area contributed by atoms with Gasteiger partial charge in [-0.2, -0.15) is 0 Å². The van der Waals surface area contributed by atoms with E-state index in [2.05, 4.69) is 170 Å². The molecule has 1 aliphatic carbocycles. The average molecular weight is 602 g/mol. The summed E-state index contributed by atoms with van der Waals surface area (Å²) in [6.45, 7) is 4.71. The van der Waals surface area contributed by atoms with Crippen LogP contribution in [-0.4, -0.2) is 4.57 Å². The minimum atomic E-state index is -0.0814. The van der Waals surface area contributed by atoms with Gasteiger partial charge < -0.3 is 8.98 Å². The molecule has 10 rings (SSSR count). The Hall–Kier alpha value is -5.86. The molecule has 0 N–H and O–H groups in total. The van der Waals surface area contributed by atoms with E-state index in [9.17, 15) is 0 Å². The zero-order valence-electron chi connectivity index (χ0n) is 26.3. The van der Waals surface area contributed by atoms with Crippen molar-refractivity contribution in [3.63, 3.8) is 0 Å². The Morgan fingerprint density at radius 3 is 2.00 bits per heavy atom. The molecule has 0 bridgehead atoms. The van der Waals surface area contributed by atoms with E-state index in [0.717, 1.165) is 38.7 Å². The van der Waals surface area contributed by atoms with Crippen molar-refractivity contribution in [1.82, 2.24) is 4.57 Å². The van der Waals surface area contributed by atoms with Crippen LogP contribution < -0.4 is 0 Å². The number of fused-ring (bicyclic) bond motifs is 10. The van der Waals surface area contributed by atoms with Gasteiger partial charge in [-0.3, -0.25) is 0 Å². The van der Waals surface area contributed by atoms with Crippen molar-refractivity contribution in [3.8, 4) is 39.1 Å². The summed E-state index contributed by atoms with van der Waals surface area (Å²) in [5.41, 5.74) is 15.4. The Balaban J connectivity index is 1.30. The molecule has 0 unspecified atom stereocenters. The number of nitrogens with zero attached hydrogens (tertiary/aromatic N) is 1. The number of hydrogen-bond acceptors (Lipinski definition) is 1. The van der Waals surface area contributed by atoms with E-state index >= 15 is 0 Å². The molecular formula is C45H31NO. The molecule has 0 amide bonds. The van der Waals surface area contributed by atoms with Gasteiger partial charge in [-0.25, -0.2) is 0 Å². The molecule has 2 nitrogen and oxygen atoms in total. The van der Waals surface area contributed by atoms with Gasteiger partial charge in [-0.1, -0.05) is 129 Å². The Morgan fingerprint density at radius 2 is 1.15 bits per heavy atom. The maximum atomic E-state index is 6.77. The van der Waals surface area contributed by atoms with Crippen LogP contribution in [0.5, 0.6) is 0 Å². The van der Waals surface area contributed by atoms with E-state index in [-0.39, 0.29) is 5.41 Å². The first-order valence-corrected chi connectivity index (χ1v) is 16.4. The van der Waals surface area contributed by atoms with Gasteiger partial charge in [-0.15, -0.1) is 0 Å². The first-order chi connectivity index (χ1) is 23.1. The summed E-state index contributed by atoms with van der Waals surface area (Å²) in [7, 11) is 0. The van der Waals surface area contributed by atoms with Crippen molar-refractivity contribution < 1.29 is 4.42 Å². The zero-order chi connectivity index (χ0) is 31.3. The maximum Gasteiger partial charge on any atom is 0.160 e. The van der Waals surface area contributed by atoms with Crippen molar-refractivity contribution in [2.45, 2.75) is 19.3 Å². The van der Waals surface area contributed by atoms with Crippen molar-refractivity contribution >= 4 is 43.7 Å². The molecule has 0 atom stereocenters. The lowest BCUT2D eigenvalue weighted by Gasteiger charge is -2.22. The standard InChI is InChI=1S/C45H31NO/c1-45(2)38-17-9-6-14-32(38)33-25-22-30(26-39(33)45)36-27-37-34-15-8-11-19-41(34)47-44(37)43-42(36)35-16-7-10-18-40(35)46(43)31-23-20-29(21-24-31)28-12-4-3-5-13-28/h3-27H,1-2H3. The molecule has 47 heavy (non-hydrogen) atoms. The third-order valence-electron chi connectivity index (χ3n) is 10.4. The predicted molar refractivity (Wildman–Crippen MR) is 196 cm³/mol. The summed E-state index contributed by atoms with van der Waals surface area (Å²) in [6.07, 6.45) is 0. The molecule has 0 saturated carbocycles. The highest BCUT2D eigenvalue weighted by atomic mass is 16.3. The van der Waals surface area contributed by atoms with E-state index in [1.165, 1.54) is 55.3 Å². The minimum absolute atomic E-state index is 0.0814. The van der Waals surface area contributed by atoms with Crippen molar-refractivity contribution in [3.05, 3.63) is 163 Å². The fourth-order valence-corrected chi connectivity index (χ4v) is 8.13. The number of rotatable bonds is 3. The average Bonchev–Trinajstić information content (AvgIpc) is 3.74. The Kier molecular flexibility index (Phi) is 5.37. The summed E-state index contributed by atoms with van der Waals surface area (Å²) in [5.74, 6) is 0. The molecule has 2 aromatic heterocycles. The molecule has 9 aromatic rings. The minimum Gasteiger partial charge on any atom is -0.454 e. The van der Waals surface area contributed by atoms with Crippen LogP contribution in [0, 0.1) is 0 Å². The Morgan fingerprint density at radius 1 is 0.489 bits per heavy atom. The number of para-hydroxylation sites is 2. The molecule has 0 radical (unpaired) electrons. The highest BCUT2D eigenvalue weighted by Gasteiger charge is 2.35. The Labute approximate surface area is 273 Å². The number of aromatic nitrogens is 1. The molecule has 222 valence electrons. The fraction of sp³-hybridized carbons (Fsp3) is 0.0667.